The van der Waals surface area contributed by atoms with Crippen LogP contribution in [0.4, 0.5) is 5.69 Å². The van der Waals surface area contributed by atoms with Crippen molar-refractivity contribution < 1.29 is 19.2 Å². The van der Waals surface area contributed by atoms with E-state index in [2.05, 4.69) is 4.74 Å². The van der Waals surface area contributed by atoms with Gasteiger partial charge in [-0.3, -0.25) is 14.9 Å². The van der Waals surface area contributed by atoms with Crippen molar-refractivity contribution in [2.24, 2.45) is 0 Å². The highest BCUT2D eigenvalue weighted by Gasteiger charge is 2.21. The van der Waals surface area contributed by atoms with Crippen LogP contribution in [0, 0.1) is 21.4 Å². The van der Waals surface area contributed by atoms with Crippen LogP contribution >= 0.6 is 0 Å². The van der Waals surface area contributed by atoms with Gasteiger partial charge < -0.3 is 4.74 Å². The van der Waals surface area contributed by atoms with E-state index in [1.807, 2.05) is 0 Å². The van der Waals surface area contributed by atoms with Crippen LogP contribution in [0.15, 0.2) is 12.1 Å². The Kier molecular flexibility index (Phi) is 3.51. The normalized spacial score (nSPS) is 9.18. The molecule has 0 amide bonds. The van der Waals surface area contributed by atoms with Crippen molar-refractivity contribution in [3.05, 3.63) is 38.9 Å². The van der Waals surface area contributed by atoms with Gasteiger partial charge in [0.15, 0.2) is 6.29 Å². The van der Waals surface area contributed by atoms with E-state index in [1.165, 1.54) is 0 Å². The molecule has 0 atom stereocenters. The van der Waals surface area contributed by atoms with Crippen molar-refractivity contribution in [3.8, 4) is 6.07 Å². The Morgan fingerprint density at radius 3 is 2.65 bits per heavy atom. The van der Waals surface area contributed by atoms with Gasteiger partial charge in [0.2, 0.25) is 0 Å². The minimum Gasteiger partial charge on any atom is -0.465 e. The summed E-state index contributed by atoms with van der Waals surface area (Å²) in [5, 5.41) is 19.4. The maximum absolute atomic E-state index is 11.3. The number of methoxy groups -OCH3 is 1. The molecule has 0 saturated carbocycles. The Morgan fingerprint density at radius 2 is 2.24 bits per heavy atom. The molecule has 1 rings (SSSR count). The quantitative estimate of drug-likeness (QED) is 0.334. The number of benzene rings is 1. The van der Waals surface area contributed by atoms with Crippen molar-refractivity contribution >= 4 is 17.9 Å². The maximum atomic E-state index is 11.3. The van der Waals surface area contributed by atoms with E-state index in [9.17, 15) is 19.7 Å². The van der Waals surface area contributed by atoms with E-state index in [0.717, 1.165) is 19.2 Å². The van der Waals surface area contributed by atoms with Crippen molar-refractivity contribution in [2.45, 2.75) is 0 Å². The van der Waals surface area contributed by atoms with Crippen molar-refractivity contribution in [3.63, 3.8) is 0 Å². The lowest BCUT2D eigenvalue weighted by molar-refractivity contribution is -0.385. The topological polar surface area (TPSA) is 110 Å². The first kappa shape index (κ1) is 12.3. The number of carbonyl (C=O) groups excluding carboxylic acids is 2. The number of carbonyl (C=O) groups is 2. The van der Waals surface area contributed by atoms with Gasteiger partial charge in [0.25, 0.3) is 5.69 Å². The van der Waals surface area contributed by atoms with E-state index in [4.69, 9.17) is 5.26 Å². The van der Waals surface area contributed by atoms with Gasteiger partial charge in [-0.1, -0.05) is 0 Å². The molecular formula is C10H6N2O5. The van der Waals surface area contributed by atoms with Gasteiger partial charge in [-0.25, -0.2) is 4.79 Å². The SMILES string of the molecule is COC(=O)c1cc(C=O)c([N+](=O)[O-])cc1C#N. The van der Waals surface area contributed by atoms with Gasteiger partial charge in [-0.15, -0.1) is 0 Å². The number of hydrogen-bond acceptors (Lipinski definition) is 6. The summed E-state index contributed by atoms with van der Waals surface area (Å²) in [4.78, 5) is 31.8. The number of ether oxygens (including phenoxy) is 1. The molecule has 1 aromatic carbocycles. The Balaban J connectivity index is 3.55. The highest BCUT2D eigenvalue weighted by atomic mass is 16.6. The van der Waals surface area contributed by atoms with Crippen LogP contribution in [0.5, 0.6) is 0 Å². The van der Waals surface area contributed by atoms with E-state index in [1.54, 1.807) is 6.07 Å². The van der Waals surface area contributed by atoms with Crippen molar-refractivity contribution in [1.29, 1.82) is 5.26 Å². The number of aldehydes is 1. The smallest absolute Gasteiger partial charge is 0.339 e. The molecule has 0 bridgehead atoms. The summed E-state index contributed by atoms with van der Waals surface area (Å²) in [5.74, 6) is -0.834. The summed E-state index contributed by atoms with van der Waals surface area (Å²) >= 11 is 0. The van der Waals surface area contributed by atoms with Crippen LogP contribution in [-0.4, -0.2) is 24.3 Å². The van der Waals surface area contributed by atoms with Gasteiger partial charge in [0, 0.05) is 6.07 Å². The van der Waals surface area contributed by atoms with Crippen LogP contribution in [0.3, 0.4) is 0 Å². The van der Waals surface area contributed by atoms with Crippen LogP contribution in [0.2, 0.25) is 0 Å². The first-order chi connectivity index (χ1) is 8.04. The first-order valence-electron chi connectivity index (χ1n) is 4.31. The van der Waals surface area contributed by atoms with E-state index < -0.39 is 16.6 Å². The minimum atomic E-state index is -0.834. The van der Waals surface area contributed by atoms with Gasteiger partial charge in [-0.05, 0) is 6.07 Å². The fourth-order valence-electron chi connectivity index (χ4n) is 1.23. The lowest BCUT2D eigenvalue weighted by Crippen LogP contribution is -2.07. The highest BCUT2D eigenvalue weighted by molar-refractivity contribution is 5.96. The number of nitro groups is 1. The van der Waals surface area contributed by atoms with Crippen LogP contribution in [0.1, 0.15) is 26.3 Å². The average Bonchev–Trinajstić information content (AvgIpc) is 2.35. The molecule has 86 valence electrons. The lowest BCUT2D eigenvalue weighted by atomic mass is 10.0. The molecule has 7 heteroatoms. The van der Waals surface area contributed by atoms with Crippen molar-refractivity contribution in [1.82, 2.24) is 0 Å². The van der Waals surface area contributed by atoms with Gasteiger partial charge in [0.05, 0.1) is 28.7 Å². The summed E-state index contributed by atoms with van der Waals surface area (Å²) in [6.07, 6.45) is 0.242. The predicted molar refractivity (Wildman–Crippen MR) is 54.5 cm³/mol. The maximum Gasteiger partial charge on any atom is 0.339 e. The molecule has 7 nitrogen and oxygen atoms in total. The molecule has 0 fully saturated rings. The number of rotatable bonds is 3. The molecule has 0 aliphatic heterocycles. The van der Waals surface area contributed by atoms with E-state index in [-0.39, 0.29) is 23.0 Å². The van der Waals surface area contributed by atoms with Crippen LogP contribution in [0.25, 0.3) is 0 Å². The minimum absolute atomic E-state index is 0.178. The third kappa shape index (κ3) is 2.26. The Labute approximate surface area is 95.4 Å². The molecule has 0 saturated heterocycles. The summed E-state index contributed by atoms with van der Waals surface area (Å²) < 4.78 is 4.40. The van der Waals surface area contributed by atoms with Gasteiger partial charge in [-0.2, -0.15) is 5.26 Å². The van der Waals surface area contributed by atoms with Crippen LogP contribution < -0.4 is 0 Å². The highest BCUT2D eigenvalue weighted by Crippen LogP contribution is 2.22. The predicted octanol–water partition coefficient (Wildman–Crippen LogP) is 1.07. The number of nitriles is 1. The van der Waals surface area contributed by atoms with E-state index >= 15 is 0 Å². The molecule has 0 spiro atoms. The second kappa shape index (κ2) is 4.85. The second-order valence-corrected chi connectivity index (χ2v) is 2.93. The zero-order valence-corrected chi connectivity index (χ0v) is 8.67. The standard InChI is InChI=1S/C10H6N2O5/c1-17-10(14)8-2-7(5-13)9(12(15)16)3-6(8)4-11/h2-3,5H,1H3. The van der Waals surface area contributed by atoms with Crippen LogP contribution in [-0.2, 0) is 4.74 Å². The van der Waals surface area contributed by atoms with Gasteiger partial charge >= 0.3 is 5.97 Å². The lowest BCUT2D eigenvalue weighted by Gasteiger charge is -2.03. The molecule has 1 aromatic rings. The summed E-state index contributed by atoms with van der Waals surface area (Å²) in [6, 6.07) is 3.47. The molecule has 0 aliphatic rings. The largest absolute Gasteiger partial charge is 0.465 e. The molecule has 17 heavy (non-hydrogen) atoms. The molecule has 0 heterocycles. The molecular weight excluding hydrogens is 228 g/mol. The molecule has 0 unspecified atom stereocenters. The molecule has 0 N–H and O–H groups in total. The fraction of sp³-hybridized carbons (Fsp3) is 0.100. The zero-order valence-electron chi connectivity index (χ0n) is 8.67. The number of esters is 1. The monoisotopic (exact) mass is 234 g/mol. The number of hydrogen-bond donors (Lipinski definition) is 0. The molecule has 0 radical (unpaired) electrons. The third-order valence-electron chi connectivity index (χ3n) is 2.02. The third-order valence-corrected chi connectivity index (χ3v) is 2.02. The zero-order chi connectivity index (χ0) is 13.0. The Bertz CT molecular complexity index is 544. The summed E-state index contributed by atoms with van der Waals surface area (Å²) in [5.41, 5.74) is -1.20. The molecule has 0 aliphatic carbocycles. The summed E-state index contributed by atoms with van der Waals surface area (Å²) in [6.45, 7) is 0. The number of nitrogens with zero attached hydrogens (tertiary/aromatic N) is 2. The number of nitro benzene ring substituents is 1. The van der Waals surface area contributed by atoms with E-state index in [0.29, 0.717) is 0 Å². The second-order valence-electron chi connectivity index (χ2n) is 2.93. The molecule has 0 aromatic heterocycles. The Morgan fingerprint density at radius 1 is 1.59 bits per heavy atom. The van der Waals surface area contributed by atoms with Gasteiger partial charge in [0.1, 0.15) is 6.07 Å². The average molecular weight is 234 g/mol. The fourth-order valence-corrected chi connectivity index (χ4v) is 1.23. The van der Waals surface area contributed by atoms with Crippen molar-refractivity contribution in [2.75, 3.05) is 7.11 Å². The first-order valence-corrected chi connectivity index (χ1v) is 4.31. The summed E-state index contributed by atoms with van der Waals surface area (Å²) in [7, 11) is 1.10. The Hall–Kier alpha value is -2.75.